The maximum Gasteiger partial charge on any atom is 0.217 e. The number of aryl methyl sites for hydroxylation is 1. The summed E-state index contributed by atoms with van der Waals surface area (Å²) in [7, 11) is 0. The molecule has 1 rings (SSSR count). The highest BCUT2D eigenvalue weighted by Gasteiger charge is 1.95. The lowest BCUT2D eigenvalue weighted by atomic mass is 10.1. The highest BCUT2D eigenvalue weighted by molar-refractivity contribution is 5.73. The summed E-state index contributed by atoms with van der Waals surface area (Å²) in [6, 6.07) is 5.03. The number of nitrogens with one attached hydrogen (secondary N) is 1. The third kappa shape index (κ3) is 3.74. The molecule has 0 saturated carbocycles. The molecule has 0 aromatic heterocycles. The van der Waals surface area contributed by atoms with E-state index in [0.29, 0.717) is 6.54 Å². The van der Waals surface area contributed by atoms with Gasteiger partial charge in [0, 0.05) is 12.5 Å². The fourth-order valence-electron chi connectivity index (χ4n) is 1.05. The predicted molar refractivity (Wildman–Crippen MR) is 58.4 cm³/mol. The molecule has 3 nitrogen and oxygen atoms in total. The first-order valence-corrected chi connectivity index (χ1v) is 4.62. The third-order valence-electron chi connectivity index (χ3n) is 1.87. The van der Waals surface area contributed by atoms with Crippen molar-refractivity contribution in [1.82, 2.24) is 5.32 Å². The number of phenols is 1. The van der Waals surface area contributed by atoms with Crippen LogP contribution in [0.25, 0.3) is 0 Å². The maximum atomic E-state index is 10.6. The van der Waals surface area contributed by atoms with Gasteiger partial charge >= 0.3 is 0 Å². The number of hydrogen-bond acceptors (Lipinski definition) is 2. The SMILES string of the molecule is CC(=O)NCC#Cc1cc(O)ccc1C. The Hall–Kier alpha value is -1.95. The minimum absolute atomic E-state index is 0.100. The second kappa shape index (κ2) is 5.06. The zero-order valence-electron chi connectivity index (χ0n) is 8.79. The number of carbonyl (C=O) groups is 1. The Balaban J connectivity index is 2.71. The zero-order chi connectivity index (χ0) is 11.3. The average Bonchev–Trinajstić information content (AvgIpc) is 2.17. The van der Waals surface area contributed by atoms with Gasteiger partial charge in [0.2, 0.25) is 5.91 Å². The number of benzene rings is 1. The van der Waals surface area contributed by atoms with Crippen molar-refractivity contribution in [3.05, 3.63) is 29.3 Å². The number of carbonyl (C=O) groups excluding carboxylic acids is 1. The van der Waals surface area contributed by atoms with Crippen molar-refractivity contribution < 1.29 is 9.90 Å². The minimum atomic E-state index is -0.100. The van der Waals surface area contributed by atoms with Gasteiger partial charge in [-0.25, -0.2) is 0 Å². The fraction of sp³-hybridized carbons (Fsp3) is 0.250. The molecule has 78 valence electrons. The molecule has 1 amide bonds. The number of aromatic hydroxyl groups is 1. The summed E-state index contributed by atoms with van der Waals surface area (Å²) < 4.78 is 0. The molecule has 0 aliphatic carbocycles. The Morgan fingerprint density at radius 3 is 2.93 bits per heavy atom. The van der Waals surface area contributed by atoms with Crippen LogP contribution in [0.2, 0.25) is 0 Å². The number of phenolic OH excluding ortho intramolecular Hbond substituents is 1. The summed E-state index contributed by atoms with van der Waals surface area (Å²) in [5, 5.41) is 11.8. The molecule has 0 heterocycles. The molecular formula is C12H13NO2. The normalized spacial score (nSPS) is 8.93. The first-order chi connectivity index (χ1) is 7.09. The molecule has 1 aromatic rings. The van der Waals surface area contributed by atoms with Crippen LogP contribution in [-0.2, 0) is 4.79 Å². The number of amides is 1. The molecule has 0 spiro atoms. The zero-order valence-corrected chi connectivity index (χ0v) is 8.79. The molecule has 3 heteroatoms. The lowest BCUT2D eigenvalue weighted by molar-refractivity contribution is -0.118. The first kappa shape index (κ1) is 11.1. The lowest BCUT2D eigenvalue weighted by Crippen LogP contribution is -2.19. The third-order valence-corrected chi connectivity index (χ3v) is 1.87. The van der Waals surface area contributed by atoms with Gasteiger partial charge in [-0.1, -0.05) is 17.9 Å². The molecule has 15 heavy (non-hydrogen) atoms. The van der Waals surface area contributed by atoms with Crippen LogP contribution < -0.4 is 5.32 Å². The maximum absolute atomic E-state index is 10.6. The standard InChI is InChI=1S/C12H13NO2/c1-9-5-6-12(15)8-11(9)4-3-7-13-10(2)14/h5-6,8,15H,7H2,1-2H3,(H,13,14). The average molecular weight is 203 g/mol. The van der Waals surface area contributed by atoms with E-state index in [-0.39, 0.29) is 11.7 Å². The topological polar surface area (TPSA) is 49.3 Å². The van der Waals surface area contributed by atoms with Crippen molar-refractivity contribution in [3.63, 3.8) is 0 Å². The van der Waals surface area contributed by atoms with Crippen LogP contribution in [0, 0.1) is 18.8 Å². The summed E-state index contributed by atoms with van der Waals surface area (Å²) in [4.78, 5) is 10.6. The van der Waals surface area contributed by atoms with Crippen molar-refractivity contribution in [2.45, 2.75) is 13.8 Å². The van der Waals surface area contributed by atoms with E-state index in [4.69, 9.17) is 0 Å². The smallest absolute Gasteiger partial charge is 0.217 e. The van der Waals surface area contributed by atoms with Crippen molar-refractivity contribution in [2.24, 2.45) is 0 Å². The van der Waals surface area contributed by atoms with E-state index in [1.54, 1.807) is 18.2 Å². The lowest BCUT2D eigenvalue weighted by Gasteiger charge is -1.98. The molecule has 0 fully saturated rings. The summed E-state index contributed by atoms with van der Waals surface area (Å²) >= 11 is 0. The quantitative estimate of drug-likeness (QED) is 0.673. The fourth-order valence-corrected chi connectivity index (χ4v) is 1.05. The molecule has 0 radical (unpaired) electrons. The van der Waals surface area contributed by atoms with Gasteiger partial charge < -0.3 is 10.4 Å². The minimum Gasteiger partial charge on any atom is -0.508 e. The van der Waals surface area contributed by atoms with Crippen molar-refractivity contribution in [1.29, 1.82) is 0 Å². The van der Waals surface area contributed by atoms with E-state index in [2.05, 4.69) is 17.2 Å². The van der Waals surface area contributed by atoms with E-state index < -0.39 is 0 Å². The second-order valence-electron chi connectivity index (χ2n) is 3.21. The molecule has 0 aliphatic heterocycles. The Bertz CT molecular complexity index is 427. The highest BCUT2D eigenvalue weighted by Crippen LogP contribution is 2.14. The molecule has 1 aromatic carbocycles. The molecule has 0 unspecified atom stereocenters. The first-order valence-electron chi connectivity index (χ1n) is 4.62. The summed E-state index contributed by atoms with van der Waals surface area (Å²) in [6.07, 6.45) is 0. The Labute approximate surface area is 89.1 Å². The Morgan fingerprint density at radius 2 is 2.27 bits per heavy atom. The van der Waals surface area contributed by atoms with Crippen LogP contribution in [0.5, 0.6) is 5.75 Å². The summed E-state index contributed by atoms with van der Waals surface area (Å²) in [5.74, 6) is 5.79. The molecule has 2 N–H and O–H groups in total. The van der Waals surface area contributed by atoms with E-state index in [9.17, 15) is 9.90 Å². The van der Waals surface area contributed by atoms with E-state index >= 15 is 0 Å². The Morgan fingerprint density at radius 1 is 1.53 bits per heavy atom. The van der Waals surface area contributed by atoms with Gasteiger partial charge in [-0.2, -0.15) is 0 Å². The van der Waals surface area contributed by atoms with E-state index in [1.807, 2.05) is 6.92 Å². The summed E-state index contributed by atoms with van der Waals surface area (Å²) in [6.45, 7) is 3.69. The molecular weight excluding hydrogens is 190 g/mol. The van der Waals surface area contributed by atoms with Gasteiger partial charge in [-0.05, 0) is 24.6 Å². The second-order valence-corrected chi connectivity index (χ2v) is 3.21. The van der Waals surface area contributed by atoms with Gasteiger partial charge in [0.25, 0.3) is 0 Å². The van der Waals surface area contributed by atoms with Crippen LogP contribution in [0.15, 0.2) is 18.2 Å². The van der Waals surface area contributed by atoms with Gasteiger partial charge in [0.15, 0.2) is 0 Å². The molecule has 0 bridgehead atoms. The van der Waals surface area contributed by atoms with Crippen LogP contribution in [0.1, 0.15) is 18.1 Å². The largest absolute Gasteiger partial charge is 0.508 e. The van der Waals surface area contributed by atoms with Crippen LogP contribution in [0.3, 0.4) is 0 Å². The Kier molecular flexibility index (Phi) is 3.75. The summed E-state index contributed by atoms with van der Waals surface area (Å²) in [5.41, 5.74) is 1.78. The van der Waals surface area contributed by atoms with Crippen molar-refractivity contribution in [3.8, 4) is 17.6 Å². The van der Waals surface area contributed by atoms with E-state index in [1.165, 1.54) is 6.92 Å². The molecule has 0 saturated heterocycles. The van der Waals surface area contributed by atoms with Crippen molar-refractivity contribution >= 4 is 5.91 Å². The monoisotopic (exact) mass is 203 g/mol. The molecule has 0 aliphatic rings. The van der Waals surface area contributed by atoms with Crippen LogP contribution in [-0.4, -0.2) is 17.6 Å². The molecule has 0 atom stereocenters. The van der Waals surface area contributed by atoms with Gasteiger partial charge in [0.05, 0.1) is 6.54 Å². The van der Waals surface area contributed by atoms with E-state index in [0.717, 1.165) is 11.1 Å². The van der Waals surface area contributed by atoms with Gasteiger partial charge in [-0.3, -0.25) is 4.79 Å². The van der Waals surface area contributed by atoms with Crippen LogP contribution >= 0.6 is 0 Å². The predicted octanol–water partition coefficient (Wildman–Crippen LogP) is 1.19. The van der Waals surface area contributed by atoms with Crippen LogP contribution in [0.4, 0.5) is 0 Å². The van der Waals surface area contributed by atoms with Gasteiger partial charge in [-0.15, -0.1) is 0 Å². The highest BCUT2D eigenvalue weighted by atomic mass is 16.3. The number of rotatable bonds is 1. The van der Waals surface area contributed by atoms with Gasteiger partial charge in [0.1, 0.15) is 5.75 Å². The number of hydrogen-bond donors (Lipinski definition) is 2. The van der Waals surface area contributed by atoms with Crippen molar-refractivity contribution in [2.75, 3.05) is 6.54 Å².